The van der Waals surface area contributed by atoms with E-state index in [1.807, 2.05) is 30.3 Å². The maximum Gasteiger partial charge on any atom is 0.262 e. The number of nitrogens with zero attached hydrogens (tertiary/aromatic N) is 1. The molecule has 7 heteroatoms. The minimum Gasteiger partial charge on any atom is -0.495 e. The average molecular weight is 426 g/mol. The van der Waals surface area contributed by atoms with E-state index in [2.05, 4.69) is 28.8 Å². The third kappa shape index (κ3) is 3.95. The van der Waals surface area contributed by atoms with Crippen LogP contribution in [-0.2, 0) is 10.0 Å². The topological polar surface area (TPSA) is 70.7 Å². The Morgan fingerprint density at radius 2 is 1.57 bits per heavy atom. The smallest absolute Gasteiger partial charge is 0.262 e. The first-order valence-corrected chi connectivity index (χ1v) is 11.6. The van der Waals surface area contributed by atoms with Crippen LogP contribution in [0.5, 0.6) is 5.75 Å². The predicted molar refractivity (Wildman–Crippen MR) is 122 cm³/mol. The first-order valence-electron chi connectivity index (χ1n) is 10.1. The minimum atomic E-state index is -3.80. The summed E-state index contributed by atoms with van der Waals surface area (Å²) in [6.45, 7) is 6.08. The van der Waals surface area contributed by atoms with Crippen LogP contribution < -0.4 is 19.7 Å². The molecule has 0 radical (unpaired) electrons. The molecule has 6 nitrogen and oxygen atoms in total. The number of benzene rings is 3. The number of ether oxygens (including phenoxy) is 1. The molecule has 3 aromatic carbocycles. The highest BCUT2D eigenvalue weighted by atomic mass is 32.2. The van der Waals surface area contributed by atoms with E-state index in [1.165, 1.54) is 7.11 Å². The van der Waals surface area contributed by atoms with E-state index < -0.39 is 10.0 Å². The lowest BCUT2D eigenvalue weighted by molar-refractivity contribution is 0.407. The van der Waals surface area contributed by atoms with Crippen molar-refractivity contribution in [3.05, 3.63) is 60.7 Å². The summed E-state index contributed by atoms with van der Waals surface area (Å²) in [7, 11) is -2.28. The Balaban J connectivity index is 1.77. The summed E-state index contributed by atoms with van der Waals surface area (Å²) in [5.74, 6) is 0.478. The molecule has 0 aliphatic carbocycles. The van der Waals surface area contributed by atoms with Gasteiger partial charge in [-0.2, -0.15) is 0 Å². The summed E-state index contributed by atoms with van der Waals surface area (Å²) >= 11 is 0. The zero-order valence-corrected chi connectivity index (χ0v) is 18.2. The molecule has 30 heavy (non-hydrogen) atoms. The fraction of sp³-hybridized carbons (Fsp3) is 0.304. The summed E-state index contributed by atoms with van der Waals surface area (Å²) < 4.78 is 34.5. The van der Waals surface area contributed by atoms with Crippen LogP contribution in [0.15, 0.2) is 65.6 Å². The van der Waals surface area contributed by atoms with Crippen molar-refractivity contribution in [2.75, 3.05) is 29.8 Å². The average Bonchev–Trinajstić information content (AvgIpc) is 2.72. The van der Waals surface area contributed by atoms with Crippen molar-refractivity contribution in [3.8, 4) is 5.75 Å². The van der Waals surface area contributed by atoms with Crippen molar-refractivity contribution in [1.29, 1.82) is 0 Å². The second kappa shape index (κ2) is 8.16. The maximum atomic E-state index is 13.3. The number of anilines is 2. The van der Waals surface area contributed by atoms with E-state index in [0.717, 1.165) is 24.2 Å². The standard InChI is InChI=1S/C23H27N3O3S/c1-16-14-26(15-17(2)24-16)21-12-13-23(19-9-5-4-8-18(19)21)30(27,28)25-20-10-6-7-11-22(20)29-3/h4-13,16-17,24-25H,14-15H2,1-3H3/t16-,17+. The Labute approximate surface area is 177 Å². The van der Waals surface area contributed by atoms with Gasteiger partial charge in [-0.05, 0) is 38.1 Å². The number of hydrogen-bond donors (Lipinski definition) is 2. The Kier molecular flexibility index (Phi) is 5.58. The number of sulfonamides is 1. The predicted octanol–water partition coefficient (Wildman–Crippen LogP) is 3.84. The summed E-state index contributed by atoms with van der Waals surface area (Å²) in [5, 5.41) is 5.18. The van der Waals surface area contributed by atoms with Crippen LogP contribution in [0.4, 0.5) is 11.4 Å². The fourth-order valence-electron chi connectivity index (χ4n) is 4.22. The van der Waals surface area contributed by atoms with Gasteiger partial charge in [-0.15, -0.1) is 0 Å². The molecule has 2 N–H and O–H groups in total. The van der Waals surface area contributed by atoms with Gasteiger partial charge in [0.2, 0.25) is 0 Å². The molecule has 3 aromatic rings. The van der Waals surface area contributed by atoms with Crippen molar-refractivity contribution in [3.63, 3.8) is 0 Å². The third-order valence-electron chi connectivity index (χ3n) is 5.40. The van der Waals surface area contributed by atoms with Crippen LogP contribution in [0.1, 0.15) is 13.8 Å². The number of fused-ring (bicyclic) bond motifs is 1. The molecule has 1 saturated heterocycles. The largest absolute Gasteiger partial charge is 0.495 e. The monoisotopic (exact) mass is 425 g/mol. The van der Waals surface area contributed by atoms with E-state index in [-0.39, 0.29) is 4.90 Å². The molecule has 0 saturated carbocycles. The van der Waals surface area contributed by atoms with Gasteiger partial charge in [0.25, 0.3) is 10.0 Å². The first kappa shape index (κ1) is 20.5. The van der Waals surface area contributed by atoms with Crippen LogP contribution >= 0.6 is 0 Å². The highest BCUT2D eigenvalue weighted by molar-refractivity contribution is 7.93. The Morgan fingerprint density at radius 3 is 2.27 bits per heavy atom. The van der Waals surface area contributed by atoms with Gasteiger partial charge in [0, 0.05) is 41.6 Å². The lowest BCUT2D eigenvalue weighted by Gasteiger charge is -2.38. The van der Waals surface area contributed by atoms with Gasteiger partial charge in [0.1, 0.15) is 5.75 Å². The Morgan fingerprint density at radius 1 is 0.933 bits per heavy atom. The number of nitrogens with one attached hydrogen (secondary N) is 2. The molecule has 0 amide bonds. The number of para-hydroxylation sites is 2. The molecule has 1 aliphatic rings. The van der Waals surface area contributed by atoms with E-state index in [1.54, 1.807) is 30.3 Å². The lowest BCUT2D eigenvalue weighted by atomic mass is 10.1. The van der Waals surface area contributed by atoms with Crippen molar-refractivity contribution in [1.82, 2.24) is 5.32 Å². The van der Waals surface area contributed by atoms with Gasteiger partial charge in [0.05, 0.1) is 17.7 Å². The van der Waals surface area contributed by atoms with E-state index in [9.17, 15) is 8.42 Å². The Bertz CT molecular complexity index is 1150. The number of methoxy groups -OCH3 is 1. The highest BCUT2D eigenvalue weighted by Gasteiger charge is 2.25. The highest BCUT2D eigenvalue weighted by Crippen LogP contribution is 2.34. The number of piperazine rings is 1. The summed E-state index contributed by atoms with van der Waals surface area (Å²) in [4.78, 5) is 2.59. The molecule has 0 spiro atoms. The molecule has 1 fully saturated rings. The van der Waals surface area contributed by atoms with Crippen molar-refractivity contribution in [2.45, 2.75) is 30.8 Å². The van der Waals surface area contributed by atoms with E-state index in [0.29, 0.717) is 28.9 Å². The van der Waals surface area contributed by atoms with Crippen molar-refractivity contribution in [2.24, 2.45) is 0 Å². The van der Waals surface area contributed by atoms with Gasteiger partial charge in [-0.25, -0.2) is 8.42 Å². The Hall–Kier alpha value is -2.77. The lowest BCUT2D eigenvalue weighted by Crippen LogP contribution is -2.54. The van der Waals surface area contributed by atoms with Crippen LogP contribution in [0.25, 0.3) is 10.8 Å². The minimum absolute atomic E-state index is 0.254. The molecule has 1 aliphatic heterocycles. The molecule has 2 atom stereocenters. The quantitative estimate of drug-likeness (QED) is 0.650. The molecule has 0 unspecified atom stereocenters. The summed E-state index contributed by atoms with van der Waals surface area (Å²) in [6, 6.07) is 19.0. The van der Waals surface area contributed by atoms with E-state index in [4.69, 9.17) is 4.74 Å². The normalized spacial score (nSPS) is 19.6. The second-order valence-electron chi connectivity index (χ2n) is 7.81. The number of hydrogen-bond acceptors (Lipinski definition) is 5. The number of rotatable bonds is 5. The molecular weight excluding hydrogens is 398 g/mol. The van der Waals surface area contributed by atoms with Crippen LogP contribution in [0.2, 0.25) is 0 Å². The molecule has 0 bridgehead atoms. The SMILES string of the molecule is COc1ccccc1NS(=O)(=O)c1ccc(N2C[C@@H](C)N[C@@H](C)C2)c2ccccc12. The second-order valence-corrected chi connectivity index (χ2v) is 9.46. The molecule has 4 rings (SSSR count). The first-order chi connectivity index (χ1) is 14.4. The van der Waals surface area contributed by atoms with Gasteiger partial charge in [0.15, 0.2) is 0 Å². The van der Waals surface area contributed by atoms with Crippen LogP contribution in [-0.4, -0.2) is 40.7 Å². The zero-order valence-electron chi connectivity index (χ0n) is 17.4. The van der Waals surface area contributed by atoms with Gasteiger partial charge in [-0.1, -0.05) is 36.4 Å². The fourth-order valence-corrected chi connectivity index (χ4v) is 5.50. The van der Waals surface area contributed by atoms with Crippen LogP contribution in [0.3, 0.4) is 0 Å². The van der Waals surface area contributed by atoms with Crippen molar-refractivity contribution >= 4 is 32.2 Å². The molecule has 158 valence electrons. The molecule has 1 heterocycles. The molecule has 0 aromatic heterocycles. The maximum absolute atomic E-state index is 13.3. The third-order valence-corrected chi connectivity index (χ3v) is 6.82. The van der Waals surface area contributed by atoms with Crippen LogP contribution in [0, 0.1) is 0 Å². The molecular formula is C23H27N3O3S. The van der Waals surface area contributed by atoms with E-state index >= 15 is 0 Å². The van der Waals surface area contributed by atoms with Gasteiger partial charge >= 0.3 is 0 Å². The van der Waals surface area contributed by atoms with Crippen molar-refractivity contribution < 1.29 is 13.2 Å². The van der Waals surface area contributed by atoms with Gasteiger partial charge < -0.3 is 15.0 Å². The summed E-state index contributed by atoms with van der Waals surface area (Å²) in [5.41, 5.74) is 1.47. The summed E-state index contributed by atoms with van der Waals surface area (Å²) in [6.07, 6.45) is 0. The van der Waals surface area contributed by atoms with Gasteiger partial charge in [-0.3, -0.25) is 4.72 Å². The zero-order chi connectivity index (χ0) is 21.3.